The summed E-state index contributed by atoms with van der Waals surface area (Å²) < 4.78 is 12.4. The summed E-state index contributed by atoms with van der Waals surface area (Å²) in [6.07, 6.45) is 3.08. The minimum absolute atomic E-state index is 0.125. The van der Waals surface area contributed by atoms with Gasteiger partial charge in [0, 0.05) is 11.6 Å². The van der Waals surface area contributed by atoms with Gasteiger partial charge in [0.2, 0.25) is 0 Å². The summed E-state index contributed by atoms with van der Waals surface area (Å²) in [5.41, 5.74) is 0. The second kappa shape index (κ2) is 9.34. The summed E-state index contributed by atoms with van der Waals surface area (Å²) >= 11 is 11.7. The van der Waals surface area contributed by atoms with Gasteiger partial charge in [-0.25, -0.2) is 4.98 Å². The van der Waals surface area contributed by atoms with Crippen molar-refractivity contribution < 1.29 is 14.3 Å². The van der Waals surface area contributed by atoms with E-state index in [0.717, 1.165) is 0 Å². The highest BCUT2D eigenvalue weighted by Gasteiger charge is 2.06. The van der Waals surface area contributed by atoms with Crippen molar-refractivity contribution >= 4 is 29.1 Å². The van der Waals surface area contributed by atoms with Crippen molar-refractivity contribution in [2.45, 2.75) is 6.54 Å². The van der Waals surface area contributed by atoms with Crippen LogP contribution in [0, 0.1) is 0 Å². The average molecular weight is 359 g/mol. The molecule has 7 nitrogen and oxygen atoms in total. The van der Waals surface area contributed by atoms with Crippen LogP contribution in [0.1, 0.15) is 0 Å². The zero-order valence-corrected chi connectivity index (χ0v) is 13.8. The van der Waals surface area contributed by atoms with Crippen LogP contribution in [0.2, 0.25) is 10.0 Å². The highest BCUT2D eigenvalue weighted by Crippen LogP contribution is 2.27. The molecule has 0 aliphatic carbocycles. The van der Waals surface area contributed by atoms with E-state index in [-0.39, 0.29) is 12.5 Å². The SMILES string of the molecule is O=C(COc1ccc(Cl)cc1Cl)NCCOCCn1cncn1. The average Bonchev–Trinajstić information content (AvgIpc) is 3.03. The molecule has 0 saturated carbocycles. The first-order valence-corrected chi connectivity index (χ1v) is 7.65. The monoisotopic (exact) mass is 358 g/mol. The number of hydrogen-bond acceptors (Lipinski definition) is 5. The molecule has 9 heteroatoms. The van der Waals surface area contributed by atoms with Gasteiger partial charge in [-0.1, -0.05) is 23.2 Å². The predicted octanol–water partition coefficient (Wildman–Crippen LogP) is 1.80. The Bertz CT molecular complexity index is 622. The van der Waals surface area contributed by atoms with Crippen LogP contribution in [0.25, 0.3) is 0 Å². The molecule has 0 atom stereocenters. The molecule has 0 radical (unpaired) electrons. The summed E-state index contributed by atoms with van der Waals surface area (Å²) in [4.78, 5) is 15.5. The zero-order valence-electron chi connectivity index (χ0n) is 12.2. The largest absolute Gasteiger partial charge is 0.482 e. The molecular weight excluding hydrogens is 343 g/mol. The first kappa shape index (κ1) is 17.5. The number of carbonyl (C=O) groups is 1. The zero-order chi connectivity index (χ0) is 16.5. The van der Waals surface area contributed by atoms with E-state index in [2.05, 4.69) is 15.4 Å². The number of aromatic nitrogens is 3. The molecule has 1 aromatic heterocycles. The number of nitrogens with zero attached hydrogens (tertiary/aromatic N) is 3. The Labute approximate surface area is 143 Å². The van der Waals surface area contributed by atoms with E-state index >= 15 is 0 Å². The van der Waals surface area contributed by atoms with Crippen molar-refractivity contribution in [2.75, 3.05) is 26.4 Å². The van der Waals surface area contributed by atoms with Crippen LogP contribution in [0.15, 0.2) is 30.9 Å². The summed E-state index contributed by atoms with van der Waals surface area (Å²) in [6, 6.07) is 4.81. The number of benzene rings is 1. The summed E-state index contributed by atoms with van der Waals surface area (Å²) in [7, 11) is 0. The first-order valence-electron chi connectivity index (χ1n) is 6.90. The second-order valence-electron chi connectivity index (χ2n) is 4.48. The van der Waals surface area contributed by atoms with Crippen molar-refractivity contribution in [3.05, 3.63) is 40.9 Å². The lowest BCUT2D eigenvalue weighted by Gasteiger charge is -2.09. The van der Waals surface area contributed by atoms with Gasteiger partial charge >= 0.3 is 0 Å². The van der Waals surface area contributed by atoms with Crippen LogP contribution in [-0.4, -0.2) is 47.0 Å². The molecule has 0 unspecified atom stereocenters. The van der Waals surface area contributed by atoms with E-state index in [4.69, 9.17) is 32.7 Å². The highest BCUT2D eigenvalue weighted by atomic mass is 35.5. The van der Waals surface area contributed by atoms with Crippen LogP contribution >= 0.6 is 23.2 Å². The molecule has 0 aliphatic heterocycles. The van der Waals surface area contributed by atoms with Crippen molar-refractivity contribution in [3.63, 3.8) is 0 Å². The van der Waals surface area contributed by atoms with Crippen LogP contribution < -0.4 is 10.1 Å². The van der Waals surface area contributed by atoms with Crippen molar-refractivity contribution in [3.8, 4) is 5.75 Å². The van der Waals surface area contributed by atoms with Gasteiger partial charge in [0.25, 0.3) is 5.91 Å². The van der Waals surface area contributed by atoms with Gasteiger partial charge < -0.3 is 14.8 Å². The first-order chi connectivity index (χ1) is 11.1. The van der Waals surface area contributed by atoms with Gasteiger partial charge in [-0.15, -0.1) is 0 Å². The normalized spacial score (nSPS) is 10.5. The van der Waals surface area contributed by atoms with E-state index in [0.29, 0.717) is 42.1 Å². The van der Waals surface area contributed by atoms with Crippen LogP contribution in [-0.2, 0) is 16.1 Å². The highest BCUT2D eigenvalue weighted by molar-refractivity contribution is 6.35. The lowest BCUT2D eigenvalue weighted by molar-refractivity contribution is -0.123. The predicted molar refractivity (Wildman–Crippen MR) is 85.8 cm³/mol. The van der Waals surface area contributed by atoms with Crippen molar-refractivity contribution in [1.82, 2.24) is 20.1 Å². The Balaban J connectivity index is 1.54. The molecule has 0 fully saturated rings. The Morgan fingerprint density at radius 1 is 1.30 bits per heavy atom. The maximum absolute atomic E-state index is 11.6. The number of ether oxygens (including phenoxy) is 2. The van der Waals surface area contributed by atoms with Gasteiger partial charge in [0.1, 0.15) is 18.4 Å². The number of carbonyl (C=O) groups excluding carboxylic acids is 1. The molecule has 2 aromatic rings. The van der Waals surface area contributed by atoms with Crippen LogP contribution in [0.3, 0.4) is 0 Å². The minimum Gasteiger partial charge on any atom is -0.482 e. The van der Waals surface area contributed by atoms with Gasteiger partial charge in [-0.3, -0.25) is 9.48 Å². The lowest BCUT2D eigenvalue weighted by Crippen LogP contribution is -2.31. The molecule has 1 N–H and O–H groups in total. The Morgan fingerprint density at radius 3 is 2.91 bits per heavy atom. The van der Waals surface area contributed by atoms with Gasteiger partial charge in [-0.05, 0) is 18.2 Å². The smallest absolute Gasteiger partial charge is 0.258 e. The quantitative estimate of drug-likeness (QED) is 0.691. The molecule has 0 spiro atoms. The number of halogens is 2. The van der Waals surface area contributed by atoms with E-state index in [1.165, 1.54) is 6.33 Å². The minimum atomic E-state index is -0.254. The number of nitrogens with one attached hydrogen (secondary N) is 1. The molecule has 1 amide bonds. The van der Waals surface area contributed by atoms with Gasteiger partial charge in [0.05, 0.1) is 24.8 Å². The summed E-state index contributed by atoms with van der Waals surface area (Å²) in [6.45, 7) is 1.79. The lowest BCUT2D eigenvalue weighted by atomic mass is 10.3. The summed E-state index contributed by atoms with van der Waals surface area (Å²) in [5, 5.41) is 7.50. The molecule has 2 rings (SSSR count). The molecule has 0 saturated heterocycles. The van der Waals surface area contributed by atoms with Crippen molar-refractivity contribution in [1.29, 1.82) is 0 Å². The third-order valence-corrected chi connectivity index (χ3v) is 3.28. The van der Waals surface area contributed by atoms with Gasteiger partial charge in [-0.2, -0.15) is 5.10 Å². The topological polar surface area (TPSA) is 78.3 Å². The summed E-state index contributed by atoms with van der Waals surface area (Å²) in [5.74, 6) is 0.159. The molecule has 124 valence electrons. The van der Waals surface area contributed by atoms with E-state index in [1.54, 1.807) is 29.2 Å². The standard InChI is InChI=1S/C14H16Cl2N4O3/c15-11-1-2-13(12(16)7-11)23-8-14(21)18-3-5-22-6-4-20-10-17-9-19-20/h1-2,7,9-10H,3-6,8H2,(H,18,21). The van der Waals surface area contributed by atoms with Crippen LogP contribution in [0.4, 0.5) is 0 Å². The molecule has 1 aromatic carbocycles. The van der Waals surface area contributed by atoms with Crippen molar-refractivity contribution in [2.24, 2.45) is 0 Å². The fourth-order valence-corrected chi connectivity index (χ4v) is 2.12. The molecule has 1 heterocycles. The molecule has 0 aliphatic rings. The maximum atomic E-state index is 11.6. The van der Waals surface area contributed by atoms with Crippen LogP contribution in [0.5, 0.6) is 5.75 Å². The Hall–Kier alpha value is -1.83. The van der Waals surface area contributed by atoms with E-state index < -0.39 is 0 Å². The third kappa shape index (κ3) is 6.43. The number of rotatable bonds is 9. The van der Waals surface area contributed by atoms with E-state index in [1.807, 2.05) is 0 Å². The molecule has 23 heavy (non-hydrogen) atoms. The molecular formula is C14H16Cl2N4O3. The Kier molecular flexibility index (Phi) is 7.12. The third-order valence-electron chi connectivity index (χ3n) is 2.75. The van der Waals surface area contributed by atoms with E-state index in [9.17, 15) is 4.79 Å². The number of amides is 1. The van der Waals surface area contributed by atoms with Gasteiger partial charge in [0.15, 0.2) is 6.61 Å². The molecule has 0 bridgehead atoms. The fraction of sp³-hybridized carbons (Fsp3) is 0.357. The Morgan fingerprint density at radius 2 is 2.17 bits per heavy atom. The number of hydrogen-bond donors (Lipinski definition) is 1. The second-order valence-corrected chi connectivity index (χ2v) is 5.33. The fourth-order valence-electron chi connectivity index (χ4n) is 1.66. The maximum Gasteiger partial charge on any atom is 0.258 e.